The van der Waals surface area contributed by atoms with E-state index in [1.807, 2.05) is 12.1 Å². The van der Waals surface area contributed by atoms with E-state index >= 15 is 0 Å². The summed E-state index contributed by atoms with van der Waals surface area (Å²) in [5.41, 5.74) is 2.71. The van der Waals surface area contributed by atoms with Crippen molar-refractivity contribution >= 4 is 17.7 Å². The molecule has 3 heterocycles. The van der Waals surface area contributed by atoms with Gasteiger partial charge < -0.3 is 9.64 Å². The van der Waals surface area contributed by atoms with Gasteiger partial charge in [-0.2, -0.15) is 5.26 Å². The maximum absolute atomic E-state index is 13.6. The Labute approximate surface area is 220 Å². The number of hydrogen-bond acceptors (Lipinski definition) is 6. The lowest BCUT2D eigenvalue weighted by molar-refractivity contribution is -0.136. The van der Waals surface area contributed by atoms with E-state index in [9.17, 15) is 24.0 Å². The van der Waals surface area contributed by atoms with Gasteiger partial charge in [-0.1, -0.05) is 12.5 Å². The second-order valence-corrected chi connectivity index (χ2v) is 10.7. The summed E-state index contributed by atoms with van der Waals surface area (Å²) in [7, 11) is 0. The monoisotopic (exact) mass is 516 g/mol. The molecule has 0 unspecified atom stereocenters. The molecule has 2 saturated heterocycles. The molecule has 1 saturated carbocycles. The lowest BCUT2D eigenvalue weighted by atomic mass is 9.83. The molecule has 2 aromatic rings. The van der Waals surface area contributed by atoms with Crippen LogP contribution in [0, 0.1) is 17.1 Å². The maximum Gasteiger partial charge on any atom is 0.255 e. The molecule has 0 spiro atoms. The lowest BCUT2D eigenvalue weighted by Crippen LogP contribution is -2.57. The first-order chi connectivity index (χ1) is 18.4. The number of nitriles is 1. The molecule has 3 aliphatic heterocycles. The number of imide groups is 1. The van der Waals surface area contributed by atoms with Crippen LogP contribution in [-0.4, -0.2) is 58.8 Å². The zero-order chi connectivity index (χ0) is 26.4. The van der Waals surface area contributed by atoms with Crippen LogP contribution in [0.5, 0.6) is 5.75 Å². The van der Waals surface area contributed by atoms with Gasteiger partial charge in [0.2, 0.25) is 11.8 Å². The molecule has 6 rings (SSSR count). The minimum Gasteiger partial charge on any atom is -0.489 e. The molecule has 3 atom stereocenters. The number of carbonyl (C=O) groups excluding carboxylic acids is 3. The molecule has 2 aromatic carbocycles. The molecule has 3 amide bonds. The fourth-order valence-corrected chi connectivity index (χ4v) is 6.39. The third-order valence-corrected chi connectivity index (χ3v) is 8.40. The number of nitrogens with one attached hydrogen (secondary N) is 1. The van der Waals surface area contributed by atoms with Crippen molar-refractivity contribution in [2.45, 2.75) is 69.2 Å². The van der Waals surface area contributed by atoms with E-state index in [-0.39, 0.29) is 36.3 Å². The van der Waals surface area contributed by atoms with E-state index < -0.39 is 17.8 Å². The van der Waals surface area contributed by atoms with Gasteiger partial charge >= 0.3 is 0 Å². The summed E-state index contributed by atoms with van der Waals surface area (Å²) in [6.07, 6.45) is 4.75. The number of amides is 3. The Balaban J connectivity index is 1.12. The van der Waals surface area contributed by atoms with E-state index in [4.69, 9.17) is 4.74 Å². The van der Waals surface area contributed by atoms with Gasteiger partial charge in [0.05, 0.1) is 11.6 Å². The summed E-state index contributed by atoms with van der Waals surface area (Å²) in [6, 6.07) is 11.7. The summed E-state index contributed by atoms with van der Waals surface area (Å²) in [4.78, 5) is 40.8. The van der Waals surface area contributed by atoms with Crippen molar-refractivity contribution in [3.63, 3.8) is 0 Å². The number of fused-ring (bicyclic) bond motifs is 1. The molecule has 1 aliphatic carbocycles. The number of benzene rings is 2. The predicted molar refractivity (Wildman–Crippen MR) is 135 cm³/mol. The summed E-state index contributed by atoms with van der Waals surface area (Å²) >= 11 is 0. The van der Waals surface area contributed by atoms with Crippen molar-refractivity contribution < 1.29 is 23.5 Å². The average Bonchev–Trinajstić information content (AvgIpc) is 3.20. The van der Waals surface area contributed by atoms with Gasteiger partial charge in [-0.25, -0.2) is 4.39 Å². The smallest absolute Gasteiger partial charge is 0.255 e. The van der Waals surface area contributed by atoms with Crippen LogP contribution in [0.15, 0.2) is 36.4 Å². The number of carbonyl (C=O) groups is 3. The zero-order valence-electron chi connectivity index (χ0n) is 21.0. The Bertz CT molecular complexity index is 1350. The van der Waals surface area contributed by atoms with Gasteiger partial charge in [-0.05, 0) is 67.1 Å². The van der Waals surface area contributed by atoms with Crippen LogP contribution >= 0.6 is 0 Å². The van der Waals surface area contributed by atoms with Crippen molar-refractivity contribution in [2.75, 3.05) is 13.1 Å². The fourth-order valence-electron chi connectivity index (χ4n) is 6.39. The highest BCUT2D eigenvalue weighted by Crippen LogP contribution is 2.37. The second kappa shape index (κ2) is 9.84. The molecule has 0 radical (unpaired) electrons. The van der Waals surface area contributed by atoms with Crippen LogP contribution in [-0.2, 0) is 16.1 Å². The van der Waals surface area contributed by atoms with E-state index in [0.717, 1.165) is 49.9 Å². The highest BCUT2D eigenvalue weighted by atomic mass is 19.1. The third-order valence-electron chi connectivity index (χ3n) is 8.40. The molecule has 8 nitrogen and oxygen atoms in total. The van der Waals surface area contributed by atoms with Crippen molar-refractivity contribution in [1.82, 2.24) is 15.1 Å². The van der Waals surface area contributed by atoms with Crippen LogP contribution in [0.25, 0.3) is 0 Å². The standard InChI is InChI=1S/C29H29FN4O4/c30-20-5-7-22(17(11-20)13-31)19-14-33(15-19)24-3-1-2-4-26(24)38-21-6-8-23-18(12-21)16-34(29(23)37)25-9-10-27(35)32-28(25)36/h5-8,11-12,19,24-26H,1-4,9-10,14-16H2,(H,32,35,36)/t24-,25+,26-/m1/s1. The van der Waals surface area contributed by atoms with E-state index in [0.29, 0.717) is 29.8 Å². The van der Waals surface area contributed by atoms with Gasteiger partial charge in [0.25, 0.3) is 5.91 Å². The SMILES string of the molecule is N#Cc1cc(F)ccc1C1CN([C@@H]2CCCC[C@H]2Oc2ccc3c(c2)CN([C@H]2CCC(=O)NC2=O)C3=O)C1. The Morgan fingerprint density at radius 1 is 1.03 bits per heavy atom. The van der Waals surface area contributed by atoms with Crippen LogP contribution < -0.4 is 10.1 Å². The first-order valence-electron chi connectivity index (χ1n) is 13.3. The van der Waals surface area contributed by atoms with E-state index in [2.05, 4.69) is 16.3 Å². The predicted octanol–water partition coefficient (Wildman–Crippen LogP) is 3.25. The van der Waals surface area contributed by atoms with Gasteiger partial charge in [0.15, 0.2) is 0 Å². The summed E-state index contributed by atoms with van der Waals surface area (Å²) in [6.45, 7) is 1.94. The van der Waals surface area contributed by atoms with E-state index in [1.165, 1.54) is 12.1 Å². The number of nitrogens with zero attached hydrogens (tertiary/aromatic N) is 3. The molecule has 196 valence electrons. The topological polar surface area (TPSA) is 103 Å². The Morgan fingerprint density at radius 2 is 1.84 bits per heavy atom. The highest BCUT2D eigenvalue weighted by Gasteiger charge is 2.41. The number of rotatable bonds is 5. The number of halogens is 1. The normalized spacial score (nSPS) is 25.9. The third kappa shape index (κ3) is 4.43. The van der Waals surface area contributed by atoms with Gasteiger partial charge in [-0.15, -0.1) is 0 Å². The lowest BCUT2D eigenvalue weighted by Gasteiger charge is -2.48. The van der Waals surface area contributed by atoms with Crippen molar-refractivity contribution in [3.8, 4) is 11.8 Å². The Morgan fingerprint density at radius 3 is 2.63 bits per heavy atom. The summed E-state index contributed by atoms with van der Waals surface area (Å²) < 4.78 is 20.1. The quantitative estimate of drug-likeness (QED) is 0.612. The second-order valence-electron chi connectivity index (χ2n) is 10.7. The van der Waals surface area contributed by atoms with Crippen molar-refractivity contribution in [2.24, 2.45) is 0 Å². The zero-order valence-corrected chi connectivity index (χ0v) is 21.0. The number of hydrogen-bond donors (Lipinski definition) is 1. The molecule has 4 aliphatic rings. The average molecular weight is 517 g/mol. The molecule has 0 bridgehead atoms. The molecule has 3 fully saturated rings. The summed E-state index contributed by atoms with van der Waals surface area (Å²) in [5, 5.41) is 11.8. The summed E-state index contributed by atoms with van der Waals surface area (Å²) in [5.74, 6) is -0.388. The van der Waals surface area contributed by atoms with Crippen molar-refractivity contribution in [3.05, 3.63) is 64.5 Å². The highest BCUT2D eigenvalue weighted by molar-refractivity contribution is 6.05. The number of piperidine rings is 1. The first kappa shape index (κ1) is 24.6. The van der Waals surface area contributed by atoms with Gasteiger partial charge in [-0.3, -0.25) is 24.6 Å². The minimum absolute atomic E-state index is 0.00903. The molecule has 1 N–H and O–H groups in total. The van der Waals surface area contributed by atoms with E-state index in [1.54, 1.807) is 17.0 Å². The molecular weight excluding hydrogens is 487 g/mol. The van der Waals surface area contributed by atoms with Crippen molar-refractivity contribution in [1.29, 1.82) is 5.26 Å². The fraction of sp³-hybridized carbons (Fsp3) is 0.448. The Hall–Kier alpha value is -3.77. The van der Waals surface area contributed by atoms with Crippen LogP contribution in [0.4, 0.5) is 4.39 Å². The minimum atomic E-state index is -0.637. The van der Waals surface area contributed by atoms with Crippen LogP contribution in [0.3, 0.4) is 0 Å². The molecule has 0 aromatic heterocycles. The largest absolute Gasteiger partial charge is 0.489 e. The van der Waals surface area contributed by atoms with Gasteiger partial charge in [0.1, 0.15) is 23.7 Å². The number of ether oxygens (including phenoxy) is 1. The van der Waals surface area contributed by atoms with Crippen LogP contribution in [0.2, 0.25) is 0 Å². The molecule has 9 heteroatoms. The van der Waals surface area contributed by atoms with Crippen LogP contribution in [0.1, 0.15) is 71.5 Å². The Kier molecular flexibility index (Phi) is 6.36. The number of likely N-dealkylation sites (tertiary alicyclic amines) is 1. The first-order valence-corrected chi connectivity index (χ1v) is 13.3. The van der Waals surface area contributed by atoms with Gasteiger partial charge in [0, 0.05) is 43.6 Å². The molecule has 38 heavy (non-hydrogen) atoms. The molecular formula is C29H29FN4O4. The maximum atomic E-state index is 13.6.